The van der Waals surface area contributed by atoms with Crippen molar-refractivity contribution in [1.82, 2.24) is 0 Å². The first-order valence-electron chi connectivity index (χ1n) is 5.79. The van der Waals surface area contributed by atoms with Gasteiger partial charge in [0, 0.05) is 6.42 Å². The maximum atomic E-state index is 11.4. The van der Waals surface area contributed by atoms with Crippen LogP contribution in [0.25, 0.3) is 0 Å². The van der Waals surface area contributed by atoms with Gasteiger partial charge in [0.25, 0.3) is 0 Å². The van der Waals surface area contributed by atoms with Gasteiger partial charge in [0.1, 0.15) is 11.9 Å². The van der Waals surface area contributed by atoms with Crippen molar-refractivity contribution in [3.63, 3.8) is 0 Å². The molecule has 1 aromatic carbocycles. The smallest absolute Gasteiger partial charge is 0.334 e. The molecule has 1 aliphatic heterocycles. The van der Waals surface area contributed by atoms with Gasteiger partial charge in [-0.2, -0.15) is 0 Å². The molecule has 0 aromatic heterocycles. The summed E-state index contributed by atoms with van der Waals surface area (Å²) in [6.07, 6.45) is 1.81. The molecule has 0 spiro atoms. The van der Waals surface area contributed by atoms with Crippen molar-refractivity contribution < 1.29 is 14.3 Å². The normalized spacial score (nSPS) is 19.5. The number of benzene rings is 1. The Hall–Kier alpha value is -1.77. The Morgan fingerprint density at radius 3 is 3.00 bits per heavy atom. The van der Waals surface area contributed by atoms with Gasteiger partial charge in [0.2, 0.25) is 0 Å². The van der Waals surface area contributed by atoms with E-state index in [2.05, 4.69) is 0 Å². The maximum Gasteiger partial charge on any atom is 0.334 e. The molecule has 0 saturated carbocycles. The fraction of sp³-hybridized carbons (Fsp3) is 0.357. The SMILES string of the molecule is CCOC1=CC(=O)OC(c2cccc(C)c2)C1. The number of hydrogen-bond donors (Lipinski definition) is 0. The quantitative estimate of drug-likeness (QED) is 0.752. The third kappa shape index (κ3) is 2.87. The zero-order valence-corrected chi connectivity index (χ0v) is 10.1. The molecule has 1 atom stereocenters. The zero-order chi connectivity index (χ0) is 12.3. The van der Waals surface area contributed by atoms with Gasteiger partial charge >= 0.3 is 5.97 Å². The first-order valence-corrected chi connectivity index (χ1v) is 5.79. The van der Waals surface area contributed by atoms with Crippen molar-refractivity contribution in [2.24, 2.45) is 0 Å². The molecule has 0 aliphatic carbocycles. The van der Waals surface area contributed by atoms with Crippen molar-refractivity contribution in [1.29, 1.82) is 0 Å². The first-order chi connectivity index (χ1) is 8.19. The first kappa shape index (κ1) is 11.7. The number of cyclic esters (lactones) is 1. The van der Waals surface area contributed by atoms with E-state index in [-0.39, 0.29) is 12.1 Å². The molecule has 0 N–H and O–H groups in total. The molecule has 0 radical (unpaired) electrons. The van der Waals surface area contributed by atoms with Gasteiger partial charge < -0.3 is 9.47 Å². The molecule has 0 amide bonds. The van der Waals surface area contributed by atoms with Crippen LogP contribution >= 0.6 is 0 Å². The van der Waals surface area contributed by atoms with Crippen LogP contribution in [0.3, 0.4) is 0 Å². The summed E-state index contributed by atoms with van der Waals surface area (Å²) >= 11 is 0. The van der Waals surface area contributed by atoms with Crippen LogP contribution in [0.1, 0.15) is 30.6 Å². The number of carbonyl (C=O) groups is 1. The zero-order valence-electron chi connectivity index (χ0n) is 10.1. The molecule has 0 fully saturated rings. The number of carbonyl (C=O) groups excluding carboxylic acids is 1. The molecular formula is C14H16O3. The number of aryl methyl sites for hydroxylation is 1. The van der Waals surface area contributed by atoms with Crippen LogP contribution in [-0.4, -0.2) is 12.6 Å². The van der Waals surface area contributed by atoms with Gasteiger partial charge in [-0.25, -0.2) is 4.79 Å². The minimum absolute atomic E-state index is 0.228. The molecule has 1 aliphatic rings. The monoisotopic (exact) mass is 232 g/mol. The molecule has 1 unspecified atom stereocenters. The van der Waals surface area contributed by atoms with Crippen LogP contribution in [-0.2, 0) is 14.3 Å². The molecule has 2 rings (SSSR count). The highest BCUT2D eigenvalue weighted by atomic mass is 16.6. The molecule has 0 saturated heterocycles. The molecule has 3 heteroatoms. The van der Waals surface area contributed by atoms with Crippen LogP contribution < -0.4 is 0 Å². The van der Waals surface area contributed by atoms with Crippen molar-refractivity contribution in [2.45, 2.75) is 26.4 Å². The number of esters is 1. The second kappa shape index (κ2) is 5.04. The third-order valence-electron chi connectivity index (χ3n) is 2.67. The van der Waals surface area contributed by atoms with Crippen LogP contribution in [0.15, 0.2) is 36.1 Å². The summed E-state index contributed by atoms with van der Waals surface area (Å²) in [5.74, 6) is 0.376. The Morgan fingerprint density at radius 1 is 1.47 bits per heavy atom. The lowest BCUT2D eigenvalue weighted by molar-refractivity contribution is -0.145. The predicted molar refractivity (Wildman–Crippen MR) is 64.3 cm³/mol. The van der Waals surface area contributed by atoms with E-state index >= 15 is 0 Å². The van der Waals surface area contributed by atoms with E-state index in [4.69, 9.17) is 9.47 Å². The van der Waals surface area contributed by atoms with Crippen molar-refractivity contribution in [3.8, 4) is 0 Å². The van der Waals surface area contributed by atoms with Crippen molar-refractivity contribution >= 4 is 5.97 Å². The van der Waals surface area contributed by atoms with Crippen LogP contribution in [0.5, 0.6) is 0 Å². The minimum Gasteiger partial charge on any atom is -0.498 e. The lowest BCUT2D eigenvalue weighted by Gasteiger charge is -2.23. The van der Waals surface area contributed by atoms with E-state index in [1.54, 1.807) is 0 Å². The highest BCUT2D eigenvalue weighted by molar-refractivity contribution is 5.83. The van der Waals surface area contributed by atoms with Crippen molar-refractivity contribution in [3.05, 3.63) is 47.2 Å². The second-order valence-corrected chi connectivity index (χ2v) is 4.09. The van der Waals surface area contributed by atoms with Gasteiger partial charge in [0.05, 0.1) is 12.7 Å². The van der Waals surface area contributed by atoms with Crippen molar-refractivity contribution in [2.75, 3.05) is 6.61 Å². The standard InChI is InChI=1S/C14H16O3/c1-3-16-12-8-13(17-14(15)9-12)11-6-4-5-10(2)7-11/h4-7,9,13H,3,8H2,1-2H3. The average molecular weight is 232 g/mol. The summed E-state index contributed by atoms with van der Waals surface area (Å²) in [7, 11) is 0. The highest BCUT2D eigenvalue weighted by Crippen LogP contribution is 2.29. The summed E-state index contributed by atoms with van der Waals surface area (Å²) in [4.78, 5) is 11.4. The highest BCUT2D eigenvalue weighted by Gasteiger charge is 2.24. The number of ether oxygens (including phenoxy) is 2. The predicted octanol–water partition coefficient (Wildman–Crippen LogP) is 2.90. The summed E-state index contributed by atoms with van der Waals surface area (Å²) < 4.78 is 10.7. The molecule has 3 nitrogen and oxygen atoms in total. The van der Waals surface area contributed by atoms with E-state index in [1.807, 2.05) is 38.1 Å². The average Bonchev–Trinajstić information content (AvgIpc) is 2.28. The number of rotatable bonds is 3. The van der Waals surface area contributed by atoms with Gasteiger partial charge in [-0.05, 0) is 19.4 Å². The molecule has 1 aromatic rings. The Kier molecular flexibility index (Phi) is 3.47. The topological polar surface area (TPSA) is 35.5 Å². The summed E-state index contributed by atoms with van der Waals surface area (Å²) in [5.41, 5.74) is 2.18. The Labute approximate surface area is 101 Å². The van der Waals surface area contributed by atoms with Crippen LogP contribution in [0, 0.1) is 6.92 Å². The van der Waals surface area contributed by atoms with Crippen LogP contribution in [0.4, 0.5) is 0 Å². The number of hydrogen-bond acceptors (Lipinski definition) is 3. The third-order valence-corrected chi connectivity index (χ3v) is 2.67. The van der Waals surface area contributed by atoms with Gasteiger partial charge in [-0.15, -0.1) is 0 Å². The molecule has 90 valence electrons. The summed E-state index contributed by atoms with van der Waals surface area (Å²) in [6, 6.07) is 8.00. The molecule has 17 heavy (non-hydrogen) atoms. The minimum atomic E-state index is -0.328. The molecule has 1 heterocycles. The Balaban J connectivity index is 2.18. The second-order valence-electron chi connectivity index (χ2n) is 4.09. The van der Waals surface area contributed by atoms with E-state index in [9.17, 15) is 4.79 Å². The van der Waals surface area contributed by atoms with E-state index in [0.29, 0.717) is 18.8 Å². The van der Waals surface area contributed by atoms with E-state index < -0.39 is 0 Å². The van der Waals surface area contributed by atoms with Gasteiger partial charge in [-0.3, -0.25) is 0 Å². The van der Waals surface area contributed by atoms with Gasteiger partial charge in [-0.1, -0.05) is 29.8 Å². The Bertz CT molecular complexity index is 449. The summed E-state index contributed by atoms with van der Waals surface area (Å²) in [5, 5.41) is 0. The Morgan fingerprint density at radius 2 is 2.29 bits per heavy atom. The van der Waals surface area contributed by atoms with Crippen LogP contribution in [0.2, 0.25) is 0 Å². The largest absolute Gasteiger partial charge is 0.498 e. The fourth-order valence-corrected chi connectivity index (χ4v) is 1.93. The summed E-state index contributed by atoms with van der Waals surface area (Å²) in [6.45, 7) is 4.50. The van der Waals surface area contributed by atoms with Gasteiger partial charge in [0.15, 0.2) is 0 Å². The fourth-order valence-electron chi connectivity index (χ4n) is 1.93. The van der Waals surface area contributed by atoms with E-state index in [0.717, 1.165) is 11.1 Å². The van der Waals surface area contributed by atoms with E-state index in [1.165, 1.54) is 6.08 Å². The molecular weight excluding hydrogens is 216 g/mol. The lowest BCUT2D eigenvalue weighted by atomic mass is 10.0. The lowest BCUT2D eigenvalue weighted by Crippen LogP contribution is -2.17. The molecule has 0 bridgehead atoms. The maximum absolute atomic E-state index is 11.4.